The van der Waals surface area contributed by atoms with E-state index in [0.717, 1.165) is 0 Å². The van der Waals surface area contributed by atoms with Gasteiger partial charge >= 0.3 is 5.97 Å². The normalized spacial score (nSPS) is 10.4. The Hall–Kier alpha value is -3.28. The van der Waals surface area contributed by atoms with Crippen LogP contribution in [0, 0.1) is 5.82 Å². The average molecular weight is 324 g/mol. The zero-order valence-corrected chi connectivity index (χ0v) is 12.6. The van der Waals surface area contributed by atoms with E-state index in [4.69, 9.17) is 4.74 Å². The van der Waals surface area contributed by atoms with E-state index in [9.17, 15) is 14.0 Å². The Balaban J connectivity index is 1.71. The molecule has 3 aromatic rings. The van der Waals surface area contributed by atoms with Crippen LogP contribution in [0.1, 0.15) is 20.8 Å². The molecule has 0 amide bonds. The van der Waals surface area contributed by atoms with Gasteiger partial charge in [0, 0.05) is 11.3 Å². The summed E-state index contributed by atoms with van der Waals surface area (Å²) in [4.78, 5) is 28.1. The number of imidazole rings is 1. The molecule has 120 valence electrons. The van der Waals surface area contributed by atoms with Gasteiger partial charge in [-0.2, -0.15) is 0 Å². The second kappa shape index (κ2) is 6.87. The van der Waals surface area contributed by atoms with E-state index in [0.29, 0.717) is 11.3 Å². The molecule has 0 aliphatic rings. The Labute approximate surface area is 137 Å². The molecule has 0 aliphatic carbocycles. The fraction of sp³-hybridized carbons (Fsp3) is 0.0556. The molecular weight excluding hydrogens is 311 g/mol. The van der Waals surface area contributed by atoms with Crippen molar-refractivity contribution in [1.29, 1.82) is 0 Å². The maximum atomic E-state index is 13.0. The molecule has 1 heterocycles. The van der Waals surface area contributed by atoms with Crippen LogP contribution in [0.2, 0.25) is 0 Å². The molecule has 5 nitrogen and oxygen atoms in total. The number of benzene rings is 2. The Morgan fingerprint density at radius 2 is 1.75 bits per heavy atom. The summed E-state index contributed by atoms with van der Waals surface area (Å²) in [7, 11) is 0. The fourth-order valence-corrected chi connectivity index (χ4v) is 2.17. The minimum atomic E-state index is -0.680. The van der Waals surface area contributed by atoms with Gasteiger partial charge in [-0.3, -0.25) is 9.36 Å². The van der Waals surface area contributed by atoms with Crippen LogP contribution in [0.15, 0.2) is 67.1 Å². The lowest BCUT2D eigenvalue weighted by molar-refractivity contribution is 0.0467. The maximum absolute atomic E-state index is 13.0. The van der Waals surface area contributed by atoms with Crippen molar-refractivity contribution in [2.45, 2.75) is 0 Å². The molecule has 0 spiro atoms. The van der Waals surface area contributed by atoms with E-state index >= 15 is 0 Å². The highest BCUT2D eigenvalue weighted by Crippen LogP contribution is 2.13. The summed E-state index contributed by atoms with van der Waals surface area (Å²) < 4.78 is 19.5. The smallest absolute Gasteiger partial charge is 0.357 e. The second-order valence-electron chi connectivity index (χ2n) is 4.99. The average Bonchev–Trinajstić information content (AvgIpc) is 3.10. The quantitative estimate of drug-likeness (QED) is 0.534. The highest BCUT2D eigenvalue weighted by Gasteiger charge is 2.16. The van der Waals surface area contributed by atoms with Crippen molar-refractivity contribution in [1.82, 2.24) is 9.55 Å². The molecule has 0 saturated heterocycles. The van der Waals surface area contributed by atoms with E-state index in [2.05, 4.69) is 4.98 Å². The van der Waals surface area contributed by atoms with Crippen molar-refractivity contribution in [2.24, 2.45) is 0 Å². The van der Waals surface area contributed by atoms with Crippen LogP contribution in [0.3, 0.4) is 0 Å². The lowest BCUT2D eigenvalue weighted by atomic mass is 10.1. The van der Waals surface area contributed by atoms with Crippen molar-refractivity contribution in [3.05, 3.63) is 84.2 Å². The summed E-state index contributed by atoms with van der Waals surface area (Å²) in [6, 6.07) is 14.2. The highest BCUT2D eigenvalue weighted by atomic mass is 19.1. The number of carbonyl (C=O) groups is 2. The number of rotatable bonds is 5. The first-order valence-corrected chi connectivity index (χ1v) is 7.19. The van der Waals surface area contributed by atoms with Gasteiger partial charge in [0.25, 0.3) is 0 Å². The van der Waals surface area contributed by atoms with Crippen LogP contribution in [-0.4, -0.2) is 27.9 Å². The molecule has 24 heavy (non-hydrogen) atoms. The number of hydrogen-bond acceptors (Lipinski definition) is 4. The number of esters is 1. The van der Waals surface area contributed by atoms with Gasteiger partial charge in [-0.25, -0.2) is 14.2 Å². The summed E-state index contributed by atoms with van der Waals surface area (Å²) in [5.74, 6) is -1.35. The predicted octanol–water partition coefficient (Wildman–Crippen LogP) is 3.05. The van der Waals surface area contributed by atoms with Crippen LogP contribution < -0.4 is 0 Å². The molecule has 1 aromatic heterocycles. The Kier molecular flexibility index (Phi) is 4.47. The first-order chi connectivity index (χ1) is 11.6. The monoisotopic (exact) mass is 324 g/mol. The van der Waals surface area contributed by atoms with Crippen LogP contribution in [-0.2, 0) is 4.74 Å². The Morgan fingerprint density at radius 3 is 2.46 bits per heavy atom. The minimum Gasteiger partial charge on any atom is -0.453 e. The van der Waals surface area contributed by atoms with Gasteiger partial charge < -0.3 is 4.74 Å². The topological polar surface area (TPSA) is 61.2 Å². The van der Waals surface area contributed by atoms with Crippen LogP contribution in [0.4, 0.5) is 4.39 Å². The lowest BCUT2D eigenvalue weighted by Gasteiger charge is -2.08. The molecule has 0 atom stereocenters. The third-order valence-electron chi connectivity index (χ3n) is 3.38. The van der Waals surface area contributed by atoms with Gasteiger partial charge in [-0.15, -0.1) is 0 Å². The molecular formula is C18H13FN2O3. The molecule has 0 fully saturated rings. The van der Waals surface area contributed by atoms with Gasteiger partial charge in [0.15, 0.2) is 18.1 Å². The molecule has 0 saturated carbocycles. The van der Waals surface area contributed by atoms with Crippen molar-refractivity contribution in [3.63, 3.8) is 0 Å². The molecule has 0 N–H and O–H groups in total. The van der Waals surface area contributed by atoms with Gasteiger partial charge in [-0.1, -0.05) is 30.3 Å². The van der Waals surface area contributed by atoms with Crippen molar-refractivity contribution in [2.75, 3.05) is 6.61 Å². The van der Waals surface area contributed by atoms with Gasteiger partial charge in [0.2, 0.25) is 0 Å². The van der Waals surface area contributed by atoms with E-state index in [1.165, 1.54) is 41.4 Å². The number of carbonyl (C=O) groups excluding carboxylic acids is 2. The first kappa shape index (κ1) is 15.6. The molecule has 2 aromatic carbocycles. The van der Waals surface area contributed by atoms with Crippen molar-refractivity contribution < 1.29 is 18.7 Å². The van der Waals surface area contributed by atoms with E-state index in [1.54, 1.807) is 30.3 Å². The second-order valence-corrected chi connectivity index (χ2v) is 4.99. The third-order valence-corrected chi connectivity index (χ3v) is 3.38. The number of hydrogen-bond donors (Lipinski definition) is 0. The van der Waals surface area contributed by atoms with Crippen LogP contribution in [0.25, 0.3) is 5.69 Å². The lowest BCUT2D eigenvalue weighted by Crippen LogP contribution is -2.16. The third kappa shape index (κ3) is 3.38. The molecule has 0 bridgehead atoms. The number of halogens is 1. The van der Waals surface area contributed by atoms with Crippen molar-refractivity contribution >= 4 is 11.8 Å². The maximum Gasteiger partial charge on any atom is 0.357 e. The molecule has 0 unspecified atom stereocenters. The van der Waals surface area contributed by atoms with E-state index in [-0.39, 0.29) is 23.9 Å². The van der Waals surface area contributed by atoms with Crippen molar-refractivity contribution in [3.8, 4) is 5.69 Å². The highest BCUT2D eigenvalue weighted by molar-refractivity contribution is 5.99. The first-order valence-electron chi connectivity index (χ1n) is 7.19. The molecule has 3 rings (SSSR count). The van der Waals surface area contributed by atoms with E-state index < -0.39 is 5.97 Å². The zero-order chi connectivity index (χ0) is 16.9. The summed E-state index contributed by atoms with van der Waals surface area (Å²) in [5.41, 5.74) is 1.19. The van der Waals surface area contributed by atoms with Gasteiger partial charge in [0.05, 0.1) is 12.5 Å². The predicted molar refractivity (Wildman–Crippen MR) is 84.6 cm³/mol. The Bertz CT molecular complexity index is 857. The number of ether oxygens (including phenoxy) is 1. The van der Waals surface area contributed by atoms with Gasteiger partial charge in [0.1, 0.15) is 5.82 Å². The standard InChI is InChI=1S/C18H13FN2O3/c19-14-6-8-15(9-7-14)21-12-20-10-16(21)18(23)24-11-17(22)13-4-2-1-3-5-13/h1-10,12H,11H2. The number of Topliss-reactive ketones (excluding diaryl/α,β-unsaturated/α-hetero) is 1. The summed E-state index contributed by atoms with van der Waals surface area (Å²) in [5, 5.41) is 0. The molecule has 6 heteroatoms. The largest absolute Gasteiger partial charge is 0.453 e. The van der Waals surface area contributed by atoms with Crippen LogP contribution >= 0.6 is 0 Å². The summed E-state index contributed by atoms with van der Waals surface area (Å²) in [6.45, 7) is -0.364. The van der Waals surface area contributed by atoms with Crippen LogP contribution in [0.5, 0.6) is 0 Å². The number of nitrogens with zero attached hydrogens (tertiary/aromatic N) is 2. The minimum absolute atomic E-state index is 0.155. The summed E-state index contributed by atoms with van der Waals surface area (Å²) in [6.07, 6.45) is 2.75. The number of ketones is 1. The Morgan fingerprint density at radius 1 is 1.04 bits per heavy atom. The summed E-state index contributed by atoms with van der Waals surface area (Å²) >= 11 is 0. The SMILES string of the molecule is O=C(COC(=O)c1cncn1-c1ccc(F)cc1)c1ccccc1. The van der Waals surface area contributed by atoms with Gasteiger partial charge in [-0.05, 0) is 24.3 Å². The van der Waals surface area contributed by atoms with E-state index in [1.807, 2.05) is 0 Å². The zero-order valence-electron chi connectivity index (χ0n) is 12.6. The molecule has 0 aliphatic heterocycles. The fourth-order valence-electron chi connectivity index (χ4n) is 2.17. The number of aromatic nitrogens is 2. The molecule has 0 radical (unpaired) electrons.